The molecule has 1 N–H and O–H groups in total. The number of sulfone groups is 1. The van der Waals surface area contributed by atoms with Gasteiger partial charge in [-0.1, -0.05) is 0 Å². The third-order valence-corrected chi connectivity index (χ3v) is 3.36. The number of nitrogens with zero attached hydrogens (tertiary/aromatic N) is 2. The highest BCUT2D eigenvalue weighted by Crippen LogP contribution is 2.18. The van der Waals surface area contributed by atoms with E-state index >= 15 is 0 Å². The number of hydrogen-bond acceptors (Lipinski definition) is 6. The van der Waals surface area contributed by atoms with Crippen molar-refractivity contribution in [3.63, 3.8) is 0 Å². The molecule has 1 heterocycles. The van der Waals surface area contributed by atoms with E-state index in [0.717, 1.165) is 6.26 Å². The fraction of sp³-hybridized carbons (Fsp3) is 0.545. The quantitative estimate of drug-likeness (QED) is 0.846. The molecule has 0 aliphatic rings. The molecule has 0 saturated carbocycles. The van der Waals surface area contributed by atoms with Crippen molar-refractivity contribution in [1.82, 2.24) is 10.2 Å². The van der Waals surface area contributed by atoms with Crippen LogP contribution in [0.15, 0.2) is 17.2 Å². The first-order valence-corrected chi connectivity index (χ1v) is 7.40. The van der Waals surface area contributed by atoms with Gasteiger partial charge in [0.1, 0.15) is 0 Å². The Morgan fingerprint density at radius 2 is 2.00 bits per heavy atom. The second-order valence-electron chi connectivity index (χ2n) is 4.80. The zero-order valence-corrected chi connectivity index (χ0v) is 12.1. The molecule has 0 atom stereocenters. The zero-order valence-electron chi connectivity index (χ0n) is 11.3. The summed E-state index contributed by atoms with van der Waals surface area (Å²) in [5.74, 6) is -0.0858. The number of rotatable bonds is 5. The number of amides is 1. The van der Waals surface area contributed by atoms with Crippen LogP contribution in [-0.4, -0.2) is 44.5 Å². The summed E-state index contributed by atoms with van der Waals surface area (Å²) in [5, 5.41) is 9.62. The minimum atomic E-state index is -3.39. The molecule has 1 rings (SSSR count). The average Bonchev–Trinajstić information content (AvgIpc) is 2.28. The molecule has 19 heavy (non-hydrogen) atoms. The van der Waals surface area contributed by atoms with Crippen molar-refractivity contribution in [2.75, 3.05) is 25.3 Å². The van der Waals surface area contributed by atoms with E-state index in [-0.39, 0.29) is 23.4 Å². The van der Waals surface area contributed by atoms with E-state index < -0.39 is 15.3 Å². The Kier molecular flexibility index (Phi) is 4.59. The van der Waals surface area contributed by atoms with Crippen molar-refractivity contribution < 1.29 is 17.9 Å². The number of nitrogens with one attached hydrogen (secondary N) is 1. The van der Waals surface area contributed by atoms with Crippen LogP contribution in [0.1, 0.15) is 13.8 Å². The minimum absolute atomic E-state index is 0.137. The van der Waals surface area contributed by atoms with Crippen molar-refractivity contribution in [3.05, 3.63) is 12.1 Å². The topological polar surface area (TPSA) is 98.2 Å². The van der Waals surface area contributed by atoms with Crippen LogP contribution in [0.5, 0.6) is 0 Å². The summed E-state index contributed by atoms with van der Waals surface area (Å²) in [5.41, 5.74) is -0.716. The van der Waals surface area contributed by atoms with Crippen LogP contribution in [0.25, 0.3) is 0 Å². The van der Waals surface area contributed by atoms with Crippen LogP contribution in [-0.2, 0) is 19.4 Å². The predicted molar refractivity (Wildman–Crippen MR) is 69.4 cm³/mol. The molecule has 0 fully saturated rings. The SMILES string of the molecule is COCC(C)(C)C(=O)Nc1ccc(S(C)(=O)=O)nn1. The molecule has 0 bridgehead atoms. The summed E-state index contributed by atoms with van der Waals surface area (Å²) in [6.07, 6.45) is 1.04. The summed E-state index contributed by atoms with van der Waals surface area (Å²) in [6.45, 7) is 3.71. The van der Waals surface area contributed by atoms with Crippen molar-refractivity contribution in [2.45, 2.75) is 18.9 Å². The number of anilines is 1. The maximum absolute atomic E-state index is 11.9. The van der Waals surface area contributed by atoms with Crippen LogP contribution < -0.4 is 5.32 Å². The van der Waals surface area contributed by atoms with Crippen LogP contribution in [0.2, 0.25) is 0 Å². The van der Waals surface area contributed by atoms with Gasteiger partial charge in [0.15, 0.2) is 20.7 Å². The van der Waals surface area contributed by atoms with E-state index in [9.17, 15) is 13.2 Å². The molecular weight excluding hydrogens is 270 g/mol. The standard InChI is InChI=1S/C11H17N3O4S/c1-11(2,7-18-3)10(15)12-8-5-6-9(14-13-8)19(4,16)17/h5-6H,7H2,1-4H3,(H,12,13,15). The minimum Gasteiger partial charge on any atom is -0.384 e. The van der Waals surface area contributed by atoms with Gasteiger partial charge in [0.25, 0.3) is 0 Å². The Hall–Kier alpha value is -1.54. The highest BCUT2D eigenvalue weighted by Gasteiger charge is 2.28. The van der Waals surface area contributed by atoms with Gasteiger partial charge >= 0.3 is 0 Å². The third kappa shape index (κ3) is 4.25. The van der Waals surface area contributed by atoms with Crippen molar-refractivity contribution >= 4 is 21.6 Å². The largest absolute Gasteiger partial charge is 0.384 e. The Balaban J connectivity index is 2.82. The van der Waals surface area contributed by atoms with Gasteiger partial charge in [-0.25, -0.2) is 8.42 Å². The van der Waals surface area contributed by atoms with Crippen molar-refractivity contribution in [1.29, 1.82) is 0 Å². The lowest BCUT2D eigenvalue weighted by Gasteiger charge is -2.21. The predicted octanol–water partition coefficient (Wildman–Crippen LogP) is 0.491. The van der Waals surface area contributed by atoms with Crippen molar-refractivity contribution in [3.8, 4) is 0 Å². The zero-order chi connectivity index (χ0) is 14.7. The van der Waals surface area contributed by atoms with E-state index in [1.165, 1.54) is 19.2 Å². The Morgan fingerprint density at radius 3 is 2.42 bits per heavy atom. The highest BCUT2D eigenvalue weighted by molar-refractivity contribution is 7.90. The Morgan fingerprint density at radius 1 is 1.37 bits per heavy atom. The van der Waals surface area contributed by atoms with Crippen LogP contribution in [0.3, 0.4) is 0 Å². The van der Waals surface area contributed by atoms with E-state index in [1.54, 1.807) is 13.8 Å². The molecule has 1 aromatic rings. The number of carbonyl (C=O) groups excluding carboxylic acids is 1. The molecule has 0 saturated heterocycles. The first kappa shape index (κ1) is 15.5. The fourth-order valence-electron chi connectivity index (χ4n) is 1.30. The van der Waals surface area contributed by atoms with E-state index in [4.69, 9.17) is 4.74 Å². The Bertz CT molecular complexity index is 552. The van der Waals surface area contributed by atoms with Gasteiger partial charge in [0, 0.05) is 13.4 Å². The summed E-state index contributed by atoms with van der Waals surface area (Å²) < 4.78 is 27.4. The number of ether oxygens (including phenoxy) is 1. The molecule has 7 nitrogen and oxygen atoms in total. The van der Waals surface area contributed by atoms with Gasteiger partial charge in [0.2, 0.25) is 5.91 Å². The van der Waals surface area contributed by atoms with Gasteiger partial charge in [-0.3, -0.25) is 4.79 Å². The molecule has 1 aromatic heterocycles. The lowest BCUT2D eigenvalue weighted by molar-refractivity contribution is -0.126. The maximum atomic E-state index is 11.9. The molecular formula is C11H17N3O4S. The first-order chi connectivity index (χ1) is 8.66. The molecule has 0 aromatic carbocycles. The van der Waals surface area contributed by atoms with Crippen LogP contribution >= 0.6 is 0 Å². The normalized spacial score (nSPS) is 12.2. The number of methoxy groups -OCH3 is 1. The van der Waals surface area contributed by atoms with E-state index in [2.05, 4.69) is 15.5 Å². The number of hydrogen-bond donors (Lipinski definition) is 1. The van der Waals surface area contributed by atoms with Gasteiger partial charge in [-0.2, -0.15) is 0 Å². The van der Waals surface area contributed by atoms with Gasteiger partial charge in [0.05, 0.1) is 12.0 Å². The summed E-state index contributed by atoms with van der Waals surface area (Å²) >= 11 is 0. The first-order valence-electron chi connectivity index (χ1n) is 5.51. The monoisotopic (exact) mass is 287 g/mol. The fourth-order valence-corrected chi connectivity index (χ4v) is 1.80. The van der Waals surface area contributed by atoms with Gasteiger partial charge < -0.3 is 10.1 Å². The van der Waals surface area contributed by atoms with E-state index in [0.29, 0.717) is 0 Å². The summed E-state index contributed by atoms with van der Waals surface area (Å²) in [4.78, 5) is 11.9. The van der Waals surface area contributed by atoms with Gasteiger partial charge in [-0.15, -0.1) is 10.2 Å². The smallest absolute Gasteiger partial charge is 0.233 e. The molecule has 0 unspecified atom stereocenters. The molecule has 8 heteroatoms. The number of aromatic nitrogens is 2. The second kappa shape index (κ2) is 5.62. The molecule has 0 spiro atoms. The Labute approximate surface area is 112 Å². The van der Waals surface area contributed by atoms with Crippen LogP contribution in [0, 0.1) is 5.41 Å². The van der Waals surface area contributed by atoms with Gasteiger partial charge in [-0.05, 0) is 26.0 Å². The lowest BCUT2D eigenvalue weighted by Crippen LogP contribution is -2.34. The molecule has 1 amide bonds. The maximum Gasteiger partial charge on any atom is 0.233 e. The lowest BCUT2D eigenvalue weighted by atomic mass is 9.94. The molecule has 0 aliphatic heterocycles. The molecule has 106 valence electrons. The van der Waals surface area contributed by atoms with Crippen molar-refractivity contribution in [2.24, 2.45) is 5.41 Å². The van der Waals surface area contributed by atoms with Crippen LogP contribution in [0.4, 0.5) is 5.82 Å². The second-order valence-corrected chi connectivity index (χ2v) is 6.76. The summed E-state index contributed by atoms with van der Waals surface area (Å²) in [7, 11) is -1.88. The average molecular weight is 287 g/mol. The molecule has 0 aliphatic carbocycles. The third-order valence-electron chi connectivity index (χ3n) is 2.38. The molecule has 0 radical (unpaired) electrons. The highest BCUT2D eigenvalue weighted by atomic mass is 32.2. The number of carbonyl (C=O) groups is 1. The van der Waals surface area contributed by atoms with E-state index in [1.807, 2.05) is 0 Å². The summed E-state index contributed by atoms with van der Waals surface area (Å²) in [6, 6.07) is 2.69.